The second-order valence-corrected chi connectivity index (χ2v) is 4.95. The summed E-state index contributed by atoms with van der Waals surface area (Å²) >= 11 is 3.34. The van der Waals surface area contributed by atoms with E-state index < -0.39 is 4.92 Å². The molecule has 0 saturated carbocycles. The average molecular weight is 325 g/mol. The van der Waals surface area contributed by atoms with Crippen molar-refractivity contribution in [1.82, 2.24) is 14.9 Å². The van der Waals surface area contributed by atoms with Gasteiger partial charge in [0.05, 0.1) is 11.5 Å². The van der Waals surface area contributed by atoms with Crippen molar-refractivity contribution in [2.24, 2.45) is 7.05 Å². The van der Waals surface area contributed by atoms with E-state index in [1.54, 1.807) is 12.3 Å². The van der Waals surface area contributed by atoms with Crippen molar-refractivity contribution in [3.8, 4) is 0 Å². The Labute approximate surface area is 118 Å². The number of nitrogens with zero attached hydrogens (tertiary/aromatic N) is 3. The smallest absolute Gasteiger partial charge is 0.270 e. The molecule has 0 atom stereocenters. The lowest BCUT2D eigenvalue weighted by molar-refractivity contribution is -0.384. The Morgan fingerprint density at radius 3 is 2.84 bits per heavy atom. The molecule has 1 heterocycles. The Bertz CT molecular complexity index is 597. The van der Waals surface area contributed by atoms with Crippen molar-refractivity contribution >= 4 is 21.6 Å². The molecule has 6 nitrogen and oxygen atoms in total. The fraction of sp³-hybridized carbons (Fsp3) is 0.250. The largest absolute Gasteiger partial charge is 0.337 e. The molecule has 1 aromatic carbocycles. The molecule has 2 aromatic rings. The van der Waals surface area contributed by atoms with Gasteiger partial charge < -0.3 is 9.88 Å². The van der Waals surface area contributed by atoms with E-state index in [9.17, 15) is 10.1 Å². The number of nitro benzene ring substituents is 1. The van der Waals surface area contributed by atoms with Crippen LogP contribution in [0.2, 0.25) is 0 Å². The zero-order chi connectivity index (χ0) is 13.8. The van der Waals surface area contributed by atoms with E-state index in [4.69, 9.17) is 0 Å². The first-order valence-electron chi connectivity index (χ1n) is 5.67. The molecule has 0 bridgehead atoms. The van der Waals surface area contributed by atoms with Gasteiger partial charge in [-0.3, -0.25) is 10.1 Å². The minimum absolute atomic E-state index is 0.0831. The summed E-state index contributed by atoms with van der Waals surface area (Å²) in [5.74, 6) is 0.943. The highest BCUT2D eigenvalue weighted by Gasteiger charge is 2.09. The fourth-order valence-corrected chi connectivity index (χ4v) is 2.18. The molecule has 0 amide bonds. The Balaban J connectivity index is 1.96. The molecular weight excluding hydrogens is 312 g/mol. The predicted molar refractivity (Wildman–Crippen MR) is 74.5 cm³/mol. The zero-order valence-electron chi connectivity index (χ0n) is 10.3. The number of imidazole rings is 1. The molecule has 0 saturated heterocycles. The number of aryl methyl sites for hydroxylation is 1. The Morgan fingerprint density at radius 2 is 2.26 bits per heavy atom. The third kappa shape index (κ3) is 3.39. The van der Waals surface area contributed by atoms with Gasteiger partial charge in [0, 0.05) is 42.6 Å². The monoisotopic (exact) mass is 324 g/mol. The molecule has 0 aliphatic rings. The van der Waals surface area contributed by atoms with Crippen molar-refractivity contribution < 1.29 is 4.92 Å². The third-order valence-corrected chi connectivity index (χ3v) is 3.51. The summed E-state index contributed by atoms with van der Waals surface area (Å²) in [4.78, 5) is 14.4. The van der Waals surface area contributed by atoms with E-state index in [2.05, 4.69) is 26.2 Å². The van der Waals surface area contributed by atoms with E-state index >= 15 is 0 Å². The minimum atomic E-state index is -0.407. The predicted octanol–water partition coefficient (Wildman–Crippen LogP) is 2.38. The molecule has 0 spiro atoms. The van der Waals surface area contributed by atoms with Crippen LogP contribution in [0.1, 0.15) is 11.4 Å². The summed E-state index contributed by atoms with van der Waals surface area (Å²) in [6.45, 7) is 1.26. The molecule has 2 rings (SSSR count). The van der Waals surface area contributed by atoms with E-state index in [-0.39, 0.29) is 5.69 Å². The van der Waals surface area contributed by atoms with Gasteiger partial charge in [-0.05, 0) is 11.6 Å². The van der Waals surface area contributed by atoms with Gasteiger partial charge in [-0.2, -0.15) is 0 Å². The van der Waals surface area contributed by atoms with Crippen LogP contribution in [0.15, 0.2) is 35.1 Å². The molecule has 7 heteroatoms. The van der Waals surface area contributed by atoms with Crippen LogP contribution in [0, 0.1) is 10.1 Å². The summed E-state index contributed by atoms with van der Waals surface area (Å²) in [6, 6.07) is 4.76. The molecule has 1 N–H and O–H groups in total. The summed E-state index contributed by atoms with van der Waals surface area (Å²) in [5.41, 5.74) is 1.06. The van der Waals surface area contributed by atoms with Crippen molar-refractivity contribution in [2.45, 2.75) is 13.1 Å². The van der Waals surface area contributed by atoms with Crippen LogP contribution in [-0.4, -0.2) is 14.5 Å². The van der Waals surface area contributed by atoms with Crippen molar-refractivity contribution in [2.75, 3.05) is 0 Å². The van der Waals surface area contributed by atoms with Gasteiger partial charge in [-0.15, -0.1) is 0 Å². The Hall–Kier alpha value is -1.73. The van der Waals surface area contributed by atoms with Gasteiger partial charge in [0.2, 0.25) is 0 Å². The Morgan fingerprint density at radius 1 is 1.47 bits per heavy atom. The molecule has 0 aliphatic carbocycles. The third-order valence-electron chi connectivity index (χ3n) is 2.77. The van der Waals surface area contributed by atoms with Gasteiger partial charge in [0.1, 0.15) is 5.82 Å². The topological polar surface area (TPSA) is 73.0 Å². The van der Waals surface area contributed by atoms with Crippen LogP contribution in [0.5, 0.6) is 0 Å². The normalized spacial score (nSPS) is 10.6. The summed E-state index contributed by atoms with van der Waals surface area (Å²) in [5, 5.41) is 13.9. The van der Waals surface area contributed by atoms with Crippen LogP contribution in [0.3, 0.4) is 0 Å². The summed E-state index contributed by atoms with van der Waals surface area (Å²) in [6.07, 6.45) is 3.64. The maximum Gasteiger partial charge on any atom is 0.270 e. The maximum absolute atomic E-state index is 10.6. The van der Waals surface area contributed by atoms with Crippen molar-refractivity contribution in [3.63, 3.8) is 0 Å². The van der Waals surface area contributed by atoms with Crippen molar-refractivity contribution in [1.29, 1.82) is 0 Å². The average Bonchev–Trinajstić information content (AvgIpc) is 2.77. The number of nitrogens with one attached hydrogen (secondary N) is 1. The SMILES string of the molecule is Cn1ccnc1CNCc1ccc([N+](=O)[O-])cc1Br. The van der Waals surface area contributed by atoms with Crippen LogP contribution in [0.4, 0.5) is 5.69 Å². The van der Waals surface area contributed by atoms with E-state index in [0.29, 0.717) is 13.1 Å². The van der Waals surface area contributed by atoms with Crippen LogP contribution in [0.25, 0.3) is 0 Å². The molecule has 0 fully saturated rings. The van der Waals surface area contributed by atoms with Crippen molar-refractivity contribution in [3.05, 3.63) is 56.6 Å². The standard InChI is InChI=1S/C12H13BrN4O2/c1-16-5-4-15-12(16)8-14-7-9-2-3-10(17(18)19)6-11(9)13/h2-6,14H,7-8H2,1H3. The molecule has 1 aromatic heterocycles. The number of halogens is 1. The number of aromatic nitrogens is 2. The second-order valence-electron chi connectivity index (χ2n) is 4.09. The highest BCUT2D eigenvalue weighted by atomic mass is 79.9. The fourth-order valence-electron chi connectivity index (χ4n) is 1.67. The number of benzene rings is 1. The maximum atomic E-state index is 10.6. The Kier molecular flexibility index (Phi) is 4.28. The van der Waals surface area contributed by atoms with Gasteiger partial charge in [0.15, 0.2) is 0 Å². The second kappa shape index (κ2) is 5.94. The van der Waals surface area contributed by atoms with Gasteiger partial charge in [-0.25, -0.2) is 4.98 Å². The minimum Gasteiger partial charge on any atom is -0.337 e. The lowest BCUT2D eigenvalue weighted by Crippen LogP contribution is -2.16. The van der Waals surface area contributed by atoms with Gasteiger partial charge >= 0.3 is 0 Å². The first-order chi connectivity index (χ1) is 9.08. The van der Waals surface area contributed by atoms with Crippen LogP contribution in [-0.2, 0) is 20.1 Å². The highest BCUT2D eigenvalue weighted by molar-refractivity contribution is 9.10. The molecule has 0 radical (unpaired) electrons. The number of hydrogen-bond donors (Lipinski definition) is 1. The summed E-state index contributed by atoms with van der Waals surface area (Å²) < 4.78 is 2.67. The van der Waals surface area contributed by atoms with Gasteiger partial charge in [0.25, 0.3) is 5.69 Å². The first kappa shape index (κ1) is 13.7. The lowest BCUT2D eigenvalue weighted by atomic mass is 10.2. The highest BCUT2D eigenvalue weighted by Crippen LogP contribution is 2.22. The molecular formula is C12H13BrN4O2. The molecule has 0 unspecified atom stereocenters. The quantitative estimate of drug-likeness (QED) is 0.677. The zero-order valence-corrected chi connectivity index (χ0v) is 11.9. The van der Waals surface area contributed by atoms with Crippen LogP contribution >= 0.6 is 15.9 Å². The van der Waals surface area contributed by atoms with Crippen LogP contribution < -0.4 is 5.32 Å². The molecule has 100 valence electrons. The van der Waals surface area contributed by atoms with Gasteiger partial charge in [-0.1, -0.05) is 15.9 Å². The number of non-ortho nitro benzene ring substituents is 1. The summed E-state index contributed by atoms with van der Waals surface area (Å²) in [7, 11) is 1.94. The number of nitro groups is 1. The number of rotatable bonds is 5. The van der Waals surface area contributed by atoms with E-state index in [0.717, 1.165) is 15.9 Å². The molecule has 0 aliphatic heterocycles. The molecule has 19 heavy (non-hydrogen) atoms. The lowest BCUT2D eigenvalue weighted by Gasteiger charge is -2.07. The first-order valence-corrected chi connectivity index (χ1v) is 6.47. The van der Waals surface area contributed by atoms with E-state index in [1.165, 1.54) is 12.1 Å². The van der Waals surface area contributed by atoms with E-state index in [1.807, 2.05) is 17.8 Å². The number of hydrogen-bond acceptors (Lipinski definition) is 4.